The molecule has 2 aliphatic heterocycles. The van der Waals surface area contributed by atoms with Crippen molar-refractivity contribution in [1.82, 2.24) is 9.80 Å². The summed E-state index contributed by atoms with van der Waals surface area (Å²) < 4.78 is 23.6. The zero-order chi connectivity index (χ0) is 24.8. The van der Waals surface area contributed by atoms with Crippen molar-refractivity contribution in [3.05, 3.63) is 29.3 Å². The fourth-order valence-electron chi connectivity index (χ4n) is 4.63. The first-order valence-corrected chi connectivity index (χ1v) is 11.7. The zero-order valence-electron chi connectivity index (χ0n) is 20.7. The van der Waals surface area contributed by atoms with Crippen molar-refractivity contribution >= 4 is 11.8 Å². The standard InChI is InChI=1S/C25H35N3O6/c1-16-21(32-5)14-28(3)25(30)19-8-6-7-17(13-26)23(19)33-15-22-20(31-4)10-9-18(34-22)11-12-27(2)24(16)29/h6-8,16,18,20-22H,9-12,14-15H2,1-5H3/t16-,18-,20+,21-,22+/m1/s1. The van der Waals surface area contributed by atoms with E-state index in [1.165, 1.54) is 12.0 Å². The fourth-order valence-corrected chi connectivity index (χ4v) is 4.63. The number of hydrogen-bond donors (Lipinski definition) is 0. The molecule has 1 fully saturated rings. The number of carbonyl (C=O) groups excluding carboxylic acids is 2. The van der Waals surface area contributed by atoms with E-state index in [0.717, 1.165) is 12.8 Å². The maximum absolute atomic E-state index is 13.4. The van der Waals surface area contributed by atoms with Gasteiger partial charge in [-0.25, -0.2) is 0 Å². The second kappa shape index (κ2) is 11.6. The molecular formula is C25H35N3O6. The van der Waals surface area contributed by atoms with Gasteiger partial charge in [0.2, 0.25) is 5.91 Å². The average molecular weight is 474 g/mol. The van der Waals surface area contributed by atoms with Gasteiger partial charge in [-0.05, 0) is 31.4 Å². The molecule has 5 atom stereocenters. The third-order valence-corrected chi connectivity index (χ3v) is 6.83. The fraction of sp³-hybridized carbons (Fsp3) is 0.640. The molecule has 0 aliphatic carbocycles. The highest BCUT2D eigenvalue weighted by molar-refractivity contribution is 5.97. The Labute approximate surface area is 201 Å². The molecule has 1 aromatic rings. The number of methoxy groups -OCH3 is 2. The molecule has 0 saturated carbocycles. The topological polar surface area (TPSA) is 101 Å². The molecule has 0 unspecified atom stereocenters. The summed E-state index contributed by atoms with van der Waals surface area (Å²) in [4.78, 5) is 29.7. The van der Waals surface area contributed by atoms with Crippen LogP contribution in [0.25, 0.3) is 0 Å². The Morgan fingerprint density at radius 3 is 2.47 bits per heavy atom. The molecule has 1 saturated heterocycles. The molecule has 186 valence electrons. The van der Waals surface area contributed by atoms with Crippen LogP contribution in [0, 0.1) is 17.2 Å². The minimum absolute atomic E-state index is 0.0441. The lowest BCUT2D eigenvalue weighted by Gasteiger charge is -2.37. The largest absolute Gasteiger partial charge is 0.489 e. The van der Waals surface area contributed by atoms with Crippen molar-refractivity contribution in [2.75, 3.05) is 48.0 Å². The number of nitrogens with zero attached hydrogens (tertiary/aromatic N) is 3. The normalized spacial score (nSPS) is 29.2. The van der Waals surface area contributed by atoms with Crippen molar-refractivity contribution in [3.63, 3.8) is 0 Å². The highest BCUT2D eigenvalue weighted by atomic mass is 16.6. The monoisotopic (exact) mass is 473 g/mol. The first-order chi connectivity index (χ1) is 16.3. The molecule has 2 heterocycles. The van der Waals surface area contributed by atoms with Gasteiger partial charge in [0, 0.05) is 41.4 Å². The van der Waals surface area contributed by atoms with Gasteiger partial charge in [0.05, 0.1) is 35.4 Å². The van der Waals surface area contributed by atoms with Gasteiger partial charge in [0.25, 0.3) is 5.91 Å². The maximum atomic E-state index is 13.4. The highest BCUT2D eigenvalue weighted by Gasteiger charge is 2.34. The van der Waals surface area contributed by atoms with Gasteiger partial charge in [0.15, 0.2) is 0 Å². The van der Waals surface area contributed by atoms with Crippen LogP contribution in [0.3, 0.4) is 0 Å². The third-order valence-electron chi connectivity index (χ3n) is 6.83. The van der Waals surface area contributed by atoms with Crippen molar-refractivity contribution in [2.24, 2.45) is 5.92 Å². The van der Waals surface area contributed by atoms with Crippen LogP contribution in [-0.2, 0) is 19.0 Å². The minimum Gasteiger partial charge on any atom is -0.489 e. The van der Waals surface area contributed by atoms with Crippen molar-refractivity contribution in [2.45, 2.75) is 50.6 Å². The summed E-state index contributed by atoms with van der Waals surface area (Å²) in [6.07, 6.45) is 1.25. The van der Waals surface area contributed by atoms with Crippen LogP contribution >= 0.6 is 0 Å². The maximum Gasteiger partial charge on any atom is 0.257 e. The van der Waals surface area contributed by atoms with E-state index in [1.54, 1.807) is 44.3 Å². The quantitative estimate of drug-likeness (QED) is 0.648. The molecule has 0 spiro atoms. The Hall–Kier alpha value is -2.67. The molecule has 2 amide bonds. The average Bonchev–Trinajstić information content (AvgIpc) is 2.86. The molecule has 0 radical (unpaired) electrons. The van der Waals surface area contributed by atoms with E-state index in [0.29, 0.717) is 13.0 Å². The molecular weight excluding hydrogens is 438 g/mol. The lowest BCUT2D eigenvalue weighted by Crippen LogP contribution is -2.47. The number of amides is 2. The van der Waals surface area contributed by atoms with Crippen LogP contribution in [0.1, 0.15) is 42.1 Å². The number of carbonyl (C=O) groups is 2. The van der Waals surface area contributed by atoms with E-state index < -0.39 is 12.0 Å². The van der Waals surface area contributed by atoms with Crippen molar-refractivity contribution in [3.8, 4) is 11.8 Å². The van der Waals surface area contributed by atoms with Crippen LogP contribution < -0.4 is 4.74 Å². The van der Waals surface area contributed by atoms with E-state index in [-0.39, 0.29) is 60.2 Å². The third kappa shape index (κ3) is 5.69. The first-order valence-electron chi connectivity index (χ1n) is 11.7. The van der Waals surface area contributed by atoms with Crippen LogP contribution in [0.15, 0.2) is 18.2 Å². The SMILES string of the molecule is CO[C@H]1CC[C@@H]2CCN(C)C(=O)[C@H](C)[C@H](OC)CN(C)C(=O)c3cccc(C#N)c3OC[C@@H]1O2. The van der Waals surface area contributed by atoms with Gasteiger partial charge in [0.1, 0.15) is 24.5 Å². The van der Waals surface area contributed by atoms with Crippen molar-refractivity contribution in [1.29, 1.82) is 5.26 Å². The summed E-state index contributed by atoms with van der Waals surface area (Å²) in [7, 11) is 6.61. The van der Waals surface area contributed by atoms with Gasteiger partial charge >= 0.3 is 0 Å². The summed E-state index contributed by atoms with van der Waals surface area (Å²) >= 11 is 0. The van der Waals surface area contributed by atoms with E-state index >= 15 is 0 Å². The zero-order valence-corrected chi connectivity index (χ0v) is 20.7. The summed E-state index contributed by atoms with van der Waals surface area (Å²) in [5, 5.41) is 9.66. The number of rotatable bonds is 2. The molecule has 9 heteroatoms. The second-order valence-electron chi connectivity index (χ2n) is 9.05. The molecule has 0 N–H and O–H groups in total. The van der Waals surface area contributed by atoms with Crippen LogP contribution in [0.2, 0.25) is 0 Å². The summed E-state index contributed by atoms with van der Waals surface area (Å²) in [6.45, 7) is 2.72. The van der Waals surface area contributed by atoms with Crippen LogP contribution in [0.5, 0.6) is 5.75 Å². The molecule has 2 aliphatic rings. The van der Waals surface area contributed by atoms with E-state index in [9.17, 15) is 14.9 Å². The summed E-state index contributed by atoms with van der Waals surface area (Å²) in [5.41, 5.74) is 0.552. The smallest absolute Gasteiger partial charge is 0.257 e. The van der Waals surface area contributed by atoms with Crippen LogP contribution in [0.4, 0.5) is 0 Å². The highest BCUT2D eigenvalue weighted by Crippen LogP contribution is 2.29. The number of likely N-dealkylation sites (N-methyl/N-ethyl adjacent to an activating group) is 1. The van der Waals surface area contributed by atoms with Gasteiger partial charge in [-0.15, -0.1) is 0 Å². The van der Waals surface area contributed by atoms with Gasteiger partial charge < -0.3 is 28.7 Å². The molecule has 2 bridgehead atoms. The minimum atomic E-state index is -0.488. The summed E-state index contributed by atoms with van der Waals surface area (Å²) in [5.74, 6) is -0.582. The number of fused-ring (bicyclic) bond motifs is 3. The molecule has 0 aromatic heterocycles. The lowest BCUT2D eigenvalue weighted by atomic mass is 9.98. The predicted octanol–water partition coefficient (Wildman–Crippen LogP) is 2.08. The predicted molar refractivity (Wildman–Crippen MR) is 125 cm³/mol. The van der Waals surface area contributed by atoms with E-state index in [4.69, 9.17) is 18.9 Å². The number of para-hydroxylation sites is 1. The second-order valence-corrected chi connectivity index (χ2v) is 9.05. The van der Waals surface area contributed by atoms with E-state index in [2.05, 4.69) is 6.07 Å². The Bertz CT molecular complexity index is 916. The lowest BCUT2D eigenvalue weighted by molar-refractivity contribution is -0.147. The first kappa shape index (κ1) is 25.9. The molecule has 1 aromatic carbocycles. The number of hydrogen-bond acceptors (Lipinski definition) is 7. The van der Waals surface area contributed by atoms with Gasteiger partial charge in [-0.3, -0.25) is 9.59 Å². The Morgan fingerprint density at radius 1 is 1.06 bits per heavy atom. The number of ether oxygens (including phenoxy) is 4. The van der Waals surface area contributed by atoms with Crippen molar-refractivity contribution < 1.29 is 28.5 Å². The van der Waals surface area contributed by atoms with Gasteiger partial charge in [-0.1, -0.05) is 13.0 Å². The number of benzene rings is 1. The Morgan fingerprint density at radius 2 is 1.79 bits per heavy atom. The molecule has 9 nitrogen and oxygen atoms in total. The Kier molecular flexibility index (Phi) is 8.89. The Balaban J connectivity index is 1.98. The number of nitriles is 1. The molecule has 3 rings (SSSR count). The van der Waals surface area contributed by atoms with Gasteiger partial charge in [-0.2, -0.15) is 5.26 Å². The summed E-state index contributed by atoms with van der Waals surface area (Å²) in [6, 6.07) is 7.04. The van der Waals surface area contributed by atoms with Crippen LogP contribution in [-0.4, -0.2) is 94.0 Å². The van der Waals surface area contributed by atoms with E-state index in [1.807, 2.05) is 6.92 Å². The molecule has 34 heavy (non-hydrogen) atoms.